The first-order chi connectivity index (χ1) is 5.22. The van der Waals surface area contributed by atoms with Crippen molar-refractivity contribution < 1.29 is 4.79 Å². The number of hydrogen-bond donors (Lipinski definition) is 0. The van der Waals surface area contributed by atoms with Crippen molar-refractivity contribution in [1.82, 2.24) is 0 Å². The molecule has 1 nitrogen and oxygen atoms in total. The molecule has 0 aliphatic rings. The summed E-state index contributed by atoms with van der Waals surface area (Å²) in [6.45, 7) is 1.82. The van der Waals surface area contributed by atoms with Crippen LogP contribution in [0.25, 0.3) is 0 Å². The van der Waals surface area contributed by atoms with Crippen molar-refractivity contribution in [2.75, 3.05) is 0 Å². The SMILES string of the molecule is CC(C(=O)[S-])c1ccccc1. The van der Waals surface area contributed by atoms with Gasteiger partial charge >= 0.3 is 0 Å². The molecule has 0 saturated heterocycles. The lowest BCUT2D eigenvalue weighted by Crippen LogP contribution is -2.04. The maximum Gasteiger partial charge on any atom is 0.0192 e. The number of carbonyl (C=O) groups excluding carboxylic acids is 1. The molecular formula is C9H9OS-. The molecule has 0 aliphatic carbocycles. The average molecular weight is 165 g/mol. The molecule has 0 fully saturated rings. The monoisotopic (exact) mass is 165 g/mol. The first kappa shape index (κ1) is 8.21. The Kier molecular flexibility index (Phi) is 2.60. The highest BCUT2D eigenvalue weighted by Gasteiger charge is 2.02. The van der Waals surface area contributed by atoms with Crippen molar-refractivity contribution >= 4 is 17.7 Å². The molecule has 1 aromatic carbocycles. The van der Waals surface area contributed by atoms with Gasteiger partial charge in [0.05, 0.1) is 0 Å². The predicted octanol–water partition coefficient (Wildman–Crippen LogP) is 1.86. The van der Waals surface area contributed by atoms with Gasteiger partial charge in [-0.15, -0.1) is 0 Å². The highest BCUT2D eigenvalue weighted by Crippen LogP contribution is 2.14. The minimum atomic E-state index is -0.198. The second kappa shape index (κ2) is 3.49. The molecule has 1 rings (SSSR count). The average Bonchev–Trinajstić information content (AvgIpc) is 2.05. The molecule has 0 N–H and O–H groups in total. The van der Waals surface area contributed by atoms with Crippen LogP contribution in [0.5, 0.6) is 0 Å². The van der Waals surface area contributed by atoms with Crippen LogP contribution < -0.4 is 0 Å². The Morgan fingerprint density at radius 1 is 1.36 bits per heavy atom. The summed E-state index contributed by atoms with van der Waals surface area (Å²) >= 11 is 4.54. The lowest BCUT2D eigenvalue weighted by molar-refractivity contribution is -0.111. The summed E-state index contributed by atoms with van der Waals surface area (Å²) in [5, 5.41) is -0.198. The Labute approximate surface area is 71.8 Å². The summed E-state index contributed by atoms with van der Waals surface area (Å²) in [6.07, 6.45) is 0. The van der Waals surface area contributed by atoms with Gasteiger partial charge in [0.1, 0.15) is 0 Å². The topological polar surface area (TPSA) is 17.1 Å². The molecule has 0 bridgehead atoms. The van der Waals surface area contributed by atoms with Crippen molar-refractivity contribution in [3.05, 3.63) is 35.9 Å². The van der Waals surface area contributed by atoms with E-state index in [1.165, 1.54) is 0 Å². The maximum absolute atomic E-state index is 10.8. The van der Waals surface area contributed by atoms with E-state index < -0.39 is 0 Å². The third kappa shape index (κ3) is 2.02. The Bertz CT molecular complexity index is 243. The van der Waals surface area contributed by atoms with E-state index in [0.29, 0.717) is 0 Å². The van der Waals surface area contributed by atoms with Crippen LogP contribution in [0.15, 0.2) is 30.3 Å². The third-order valence-corrected chi connectivity index (χ3v) is 2.01. The zero-order valence-electron chi connectivity index (χ0n) is 6.28. The van der Waals surface area contributed by atoms with Gasteiger partial charge in [-0.2, -0.15) is 0 Å². The van der Waals surface area contributed by atoms with Gasteiger partial charge in [0.25, 0.3) is 0 Å². The molecule has 1 unspecified atom stereocenters. The fourth-order valence-electron chi connectivity index (χ4n) is 0.878. The summed E-state index contributed by atoms with van der Waals surface area (Å²) in [5.74, 6) is -0.147. The second-order valence-corrected chi connectivity index (χ2v) is 2.85. The van der Waals surface area contributed by atoms with E-state index in [4.69, 9.17) is 0 Å². The number of hydrogen-bond acceptors (Lipinski definition) is 2. The zero-order valence-corrected chi connectivity index (χ0v) is 7.10. The fraction of sp³-hybridized carbons (Fsp3) is 0.222. The Balaban J connectivity index is 2.85. The van der Waals surface area contributed by atoms with Crippen LogP contribution in [-0.2, 0) is 17.4 Å². The van der Waals surface area contributed by atoms with Gasteiger partial charge in [-0.3, -0.25) is 0 Å². The van der Waals surface area contributed by atoms with Crippen molar-refractivity contribution in [1.29, 1.82) is 0 Å². The van der Waals surface area contributed by atoms with E-state index in [-0.39, 0.29) is 11.0 Å². The molecule has 0 aliphatic heterocycles. The number of benzene rings is 1. The molecule has 58 valence electrons. The molecule has 0 saturated carbocycles. The molecule has 1 atom stereocenters. The lowest BCUT2D eigenvalue weighted by Gasteiger charge is -2.13. The van der Waals surface area contributed by atoms with Crippen LogP contribution in [0, 0.1) is 0 Å². The molecule has 0 heterocycles. The van der Waals surface area contributed by atoms with Gasteiger partial charge in [-0.25, -0.2) is 0 Å². The normalized spacial score (nSPS) is 12.5. The Hall–Kier alpha value is -0.890. The highest BCUT2D eigenvalue weighted by atomic mass is 32.1. The van der Waals surface area contributed by atoms with Gasteiger partial charge < -0.3 is 17.4 Å². The van der Waals surface area contributed by atoms with E-state index in [0.717, 1.165) is 5.56 Å². The van der Waals surface area contributed by atoms with Gasteiger partial charge in [0.2, 0.25) is 0 Å². The third-order valence-electron chi connectivity index (χ3n) is 1.65. The van der Waals surface area contributed by atoms with E-state index >= 15 is 0 Å². The highest BCUT2D eigenvalue weighted by molar-refractivity contribution is 7.77. The second-order valence-electron chi connectivity index (χ2n) is 2.45. The molecule has 11 heavy (non-hydrogen) atoms. The minimum Gasteiger partial charge on any atom is -0.741 e. The summed E-state index contributed by atoms with van der Waals surface area (Å²) in [5.41, 5.74) is 0.993. The zero-order chi connectivity index (χ0) is 8.27. The Morgan fingerprint density at radius 3 is 2.36 bits per heavy atom. The number of rotatable bonds is 2. The molecule has 0 amide bonds. The van der Waals surface area contributed by atoms with E-state index in [1.54, 1.807) is 0 Å². The quantitative estimate of drug-likeness (QED) is 0.622. The molecule has 2 heteroatoms. The van der Waals surface area contributed by atoms with Crippen LogP contribution in [-0.4, -0.2) is 5.12 Å². The molecule has 0 aromatic heterocycles. The molecule has 0 radical (unpaired) electrons. The van der Waals surface area contributed by atoms with Crippen molar-refractivity contribution in [2.45, 2.75) is 12.8 Å². The summed E-state index contributed by atoms with van der Waals surface area (Å²) < 4.78 is 0. The summed E-state index contributed by atoms with van der Waals surface area (Å²) in [7, 11) is 0. The van der Waals surface area contributed by atoms with Gasteiger partial charge in [-0.1, -0.05) is 37.3 Å². The van der Waals surface area contributed by atoms with Crippen LogP contribution in [0.1, 0.15) is 18.4 Å². The van der Waals surface area contributed by atoms with E-state index in [9.17, 15) is 4.79 Å². The fourth-order valence-corrected chi connectivity index (χ4v) is 1.01. The van der Waals surface area contributed by atoms with Crippen LogP contribution in [0.4, 0.5) is 0 Å². The van der Waals surface area contributed by atoms with Gasteiger partial charge in [-0.05, 0) is 5.56 Å². The molecular weight excluding hydrogens is 156 g/mol. The smallest absolute Gasteiger partial charge is 0.0192 e. The Morgan fingerprint density at radius 2 is 1.91 bits per heavy atom. The van der Waals surface area contributed by atoms with E-state index in [1.807, 2.05) is 37.3 Å². The first-order valence-electron chi connectivity index (χ1n) is 3.47. The standard InChI is InChI=1S/C9H10OS/c1-7(9(10)11)8-5-3-2-4-6-8/h2-7H,1H3,(H,10,11)/p-1. The van der Waals surface area contributed by atoms with Crippen LogP contribution in [0.3, 0.4) is 0 Å². The van der Waals surface area contributed by atoms with Crippen LogP contribution in [0.2, 0.25) is 0 Å². The van der Waals surface area contributed by atoms with E-state index in [2.05, 4.69) is 12.6 Å². The largest absolute Gasteiger partial charge is 0.741 e. The molecule has 1 aromatic rings. The minimum absolute atomic E-state index is 0.147. The maximum atomic E-state index is 10.8. The van der Waals surface area contributed by atoms with Crippen molar-refractivity contribution in [3.8, 4) is 0 Å². The van der Waals surface area contributed by atoms with Crippen molar-refractivity contribution in [3.63, 3.8) is 0 Å². The molecule has 0 spiro atoms. The summed E-state index contributed by atoms with van der Waals surface area (Å²) in [6, 6.07) is 9.56. The van der Waals surface area contributed by atoms with Gasteiger partial charge in [0, 0.05) is 11.0 Å². The number of carbonyl (C=O) groups is 1. The predicted molar refractivity (Wildman–Crippen MR) is 47.2 cm³/mol. The van der Waals surface area contributed by atoms with Gasteiger partial charge in [0.15, 0.2) is 0 Å². The van der Waals surface area contributed by atoms with Crippen molar-refractivity contribution in [2.24, 2.45) is 0 Å². The lowest BCUT2D eigenvalue weighted by atomic mass is 10.0. The first-order valence-corrected chi connectivity index (χ1v) is 3.88. The summed E-state index contributed by atoms with van der Waals surface area (Å²) in [4.78, 5) is 10.8. The van der Waals surface area contributed by atoms with Crippen LogP contribution >= 0.6 is 0 Å².